The lowest BCUT2D eigenvalue weighted by Crippen LogP contribution is -2.45. The standard InChI is InChI=1S/C16H25N3O4/c1-11(2)8-13(18-6-4-17-5-7-18)12-9-14(19(21)22)16(20)15(10-12)23-3/h9-11,13,17,20H,4-8H2,1-3H3/t13-/m1/s1. The highest BCUT2D eigenvalue weighted by Gasteiger charge is 2.28. The second-order valence-corrected chi connectivity index (χ2v) is 6.28. The zero-order chi connectivity index (χ0) is 17.0. The zero-order valence-electron chi connectivity index (χ0n) is 13.9. The second-order valence-electron chi connectivity index (χ2n) is 6.28. The average Bonchev–Trinajstić information content (AvgIpc) is 2.53. The van der Waals surface area contributed by atoms with Crippen molar-refractivity contribution in [2.24, 2.45) is 5.92 Å². The molecule has 1 aliphatic rings. The number of nitro benzene ring substituents is 1. The minimum atomic E-state index is -0.564. The number of nitrogens with zero attached hydrogens (tertiary/aromatic N) is 2. The van der Waals surface area contributed by atoms with Crippen LogP contribution in [0.15, 0.2) is 12.1 Å². The van der Waals surface area contributed by atoms with E-state index >= 15 is 0 Å². The molecule has 0 aliphatic carbocycles. The first-order valence-corrected chi connectivity index (χ1v) is 7.94. The first-order valence-electron chi connectivity index (χ1n) is 7.94. The molecular weight excluding hydrogens is 298 g/mol. The van der Waals surface area contributed by atoms with Gasteiger partial charge in [-0.2, -0.15) is 0 Å². The van der Waals surface area contributed by atoms with Crippen molar-refractivity contribution >= 4 is 5.69 Å². The third-order valence-electron chi connectivity index (χ3n) is 4.17. The third kappa shape index (κ3) is 4.11. The van der Waals surface area contributed by atoms with Gasteiger partial charge >= 0.3 is 5.69 Å². The van der Waals surface area contributed by atoms with E-state index in [9.17, 15) is 15.2 Å². The summed E-state index contributed by atoms with van der Waals surface area (Å²) in [5.41, 5.74) is 0.519. The maximum absolute atomic E-state index is 11.2. The van der Waals surface area contributed by atoms with Gasteiger partial charge in [0.1, 0.15) is 0 Å². The quantitative estimate of drug-likeness (QED) is 0.617. The van der Waals surface area contributed by atoms with Gasteiger partial charge in [0, 0.05) is 38.3 Å². The van der Waals surface area contributed by atoms with Crippen molar-refractivity contribution in [1.29, 1.82) is 0 Å². The molecule has 0 bridgehead atoms. The summed E-state index contributed by atoms with van der Waals surface area (Å²) in [6, 6.07) is 3.27. The normalized spacial score (nSPS) is 17.2. The summed E-state index contributed by atoms with van der Waals surface area (Å²) in [7, 11) is 1.41. The molecule has 1 aliphatic heterocycles. The largest absolute Gasteiger partial charge is 0.500 e. The highest BCUT2D eigenvalue weighted by molar-refractivity contribution is 5.57. The van der Waals surface area contributed by atoms with Gasteiger partial charge in [-0.05, 0) is 24.0 Å². The Morgan fingerprint density at radius 2 is 2.04 bits per heavy atom. The lowest BCUT2D eigenvalue weighted by molar-refractivity contribution is -0.386. The van der Waals surface area contributed by atoms with Gasteiger partial charge in [-0.25, -0.2) is 0 Å². The maximum atomic E-state index is 11.2. The number of benzene rings is 1. The molecule has 1 fully saturated rings. The van der Waals surface area contributed by atoms with E-state index in [0.717, 1.165) is 38.2 Å². The van der Waals surface area contributed by atoms with Crippen LogP contribution in [0.25, 0.3) is 0 Å². The second kappa shape index (κ2) is 7.61. The molecule has 1 atom stereocenters. The summed E-state index contributed by atoms with van der Waals surface area (Å²) < 4.78 is 5.13. The first-order chi connectivity index (χ1) is 10.9. The lowest BCUT2D eigenvalue weighted by atomic mass is 9.94. The Kier molecular flexibility index (Phi) is 5.79. The Labute approximate surface area is 136 Å². The topological polar surface area (TPSA) is 87.9 Å². The molecule has 7 nitrogen and oxygen atoms in total. The fourth-order valence-electron chi connectivity index (χ4n) is 3.04. The number of phenols is 1. The van der Waals surface area contributed by atoms with Crippen LogP contribution in [-0.4, -0.2) is 48.2 Å². The molecular formula is C16H25N3O4. The van der Waals surface area contributed by atoms with Crippen molar-refractivity contribution in [3.63, 3.8) is 0 Å². The van der Waals surface area contributed by atoms with Crippen LogP contribution in [0.4, 0.5) is 5.69 Å². The van der Waals surface area contributed by atoms with E-state index in [0.29, 0.717) is 5.92 Å². The van der Waals surface area contributed by atoms with Gasteiger partial charge < -0.3 is 15.2 Å². The summed E-state index contributed by atoms with van der Waals surface area (Å²) in [5.74, 6) is 0.191. The molecule has 2 N–H and O–H groups in total. The molecule has 23 heavy (non-hydrogen) atoms. The molecule has 1 aromatic rings. The summed E-state index contributed by atoms with van der Waals surface area (Å²) in [6.07, 6.45) is 0.894. The van der Waals surface area contributed by atoms with Crippen molar-refractivity contribution in [3.05, 3.63) is 27.8 Å². The van der Waals surface area contributed by atoms with Crippen molar-refractivity contribution in [2.45, 2.75) is 26.3 Å². The number of hydrogen-bond donors (Lipinski definition) is 2. The monoisotopic (exact) mass is 323 g/mol. The SMILES string of the molecule is COc1cc([C@@H](CC(C)C)N2CCNCC2)cc([N+](=O)[O-])c1O. The van der Waals surface area contributed by atoms with E-state index in [1.807, 2.05) is 0 Å². The number of nitrogens with one attached hydrogen (secondary N) is 1. The number of ether oxygens (including phenoxy) is 1. The molecule has 0 spiro atoms. The van der Waals surface area contributed by atoms with Gasteiger partial charge in [0.05, 0.1) is 12.0 Å². The van der Waals surface area contributed by atoms with Crippen molar-refractivity contribution < 1.29 is 14.8 Å². The van der Waals surface area contributed by atoms with Crippen LogP contribution in [0.1, 0.15) is 31.9 Å². The number of aromatic hydroxyl groups is 1. The predicted octanol–water partition coefficient (Wildman–Crippen LogP) is 2.30. The molecule has 0 aromatic heterocycles. The van der Waals surface area contributed by atoms with Crippen LogP contribution in [0.3, 0.4) is 0 Å². The number of rotatable bonds is 6. The van der Waals surface area contributed by atoms with E-state index in [1.165, 1.54) is 13.2 Å². The molecule has 1 heterocycles. The molecule has 0 radical (unpaired) electrons. The number of nitro groups is 1. The van der Waals surface area contributed by atoms with Crippen LogP contribution in [-0.2, 0) is 0 Å². The minimum absolute atomic E-state index is 0.0744. The molecule has 0 saturated carbocycles. The van der Waals surface area contributed by atoms with Gasteiger partial charge in [-0.1, -0.05) is 13.8 Å². The molecule has 7 heteroatoms. The van der Waals surface area contributed by atoms with E-state index in [-0.39, 0.29) is 17.5 Å². The number of phenolic OH excluding ortho intramolecular Hbond substituents is 1. The smallest absolute Gasteiger partial charge is 0.314 e. The van der Waals surface area contributed by atoms with E-state index < -0.39 is 10.7 Å². The van der Waals surface area contributed by atoms with Crippen LogP contribution in [0.5, 0.6) is 11.5 Å². The molecule has 0 amide bonds. The summed E-state index contributed by atoms with van der Waals surface area (Å²) in [6.45, 7) is 7.89. The van der Waals surface area contributed by atoms with Crippen molar-refractivity contribution in [3.8, 4) is 11.5 Å². The Morgan fingerprint density at radius 1 is 1.39 bits per heavy atom. The lowest BCUT2D eigenvalue weighted by Gasteiger charge is -2.36. The van der Waals surface area contributed by atoms with Crippen LogP contribution in [0.2, 0.25) is 0 Å². The van der Waals surface area contributed by atoms with E-state index in [4.69, 9.17) is 4.74 Å². The predicted molar refractivity (Wildman–Crippen MR) is 88.0 cm³/mol. The van der Waals surface area contributed by atoms with Gasteiger partial charge in [-0.15, -0.1) is 0 Å². The molecule has 0 unspecified atom stereocenters. The molecule has 1 aromatic carbocycles. The number of methoxy groups -OCH3 is 1. The molecule has 128 valence electrons. The Balaban J connectivity index is 2.44. The van der Waals surface area contributed by atoms with Gasteiger partial charge in [0.2, 0.25) is 5.75 Å². The van der Waals surface area contributed by atoms with Gasteiger partial charge in [-0.3, -0.25) is 15.0 Å². The Morgan fingerprint density at radius 3 is 2.57 bits per heavy atom. The highest BCUT2D eigenvalue weighted by atomic mass is 16.6. The molecule has 2 rings (SSSR count). The summed E-state index contributed by atoms with van der Waals surface area (Å²) in [4.78, 5) is 13.0. The van der Waals surface area contributed by atoms with Crippen molar-refractivity contribution in [2.75, 3.05) is 33.3 Å². The zero-order valence-corrected chi connectivity index (χ0v) is 13.9. The third-order valence-corrected chi connectivity index (χ3v) is 4.17. The van der Waals surface area contributed by atoms with Gasteiger partial charge in [0.15, 0.2) is 5.75 Å². The fourth-order valence-corrected chi connectivity index (χ4v) is 3.04. The van der Waals surface area contributed by atoms with Crippen molar-refractivity contribution in [1.82, 2.24) is 10.2 Å². The fraction of sp³-hybridized carbons (Fsp3) is 0.625. The number of hydrogen-bond acceptors (Lipinski definition) is 6. The van der Waals surface area contributed by atoms with E-state index in [2.05, 4.69) is 24.1 Å². The Hall–Kier alpha value is -1.86. The Bertz CT molecular complexity index is 557. The maximum Gasteiger partial charge on any atom is 0.314 e. The summed E-state index contributed by atoms with van der Waals surface area (Å²) >= 11 is 0. The summed E-state index contributed by atoms with van der Waals surface area (Å²) in [5, 5.41) is 24.5. The highest BCUT2D eigenvalue weighted by Crippen LogP contribution is 2.40. The van der Waals surface area contributed by atoms with Crippen LogP contribution < -0.4 is 10.1 Å². The minimum Gasteiger partial charge on any atom is -0.500 e. The van der Waals surface area contributed by atoms with Crippen LogP contribution in [0, 0.1) is 16.0 Å². The molecule has 1 saturated heterocycles. The number of piperazine rings is 1. The van der Waals surface area contributed by atoms with Gasteiger partial charge in [0.25, 0.3) is 0 Å². The van der Waals surface area contributed by atoms with Crippen LogP contribution >= 0.6 is 0 Å². The first kappa shape index (κ1) is 17.5. The average molecular weight is 323 g/mol. The van der Waals surface area contributed by atoms with E-state index in [1.54, 1.807) is 6.07 Å².